The molecular formula is C58H107NO10. The van der Waals surface area contributed by atoms with Crippen molar-refractivity contribution in [2.45, 2.75) is 301 Å². The van der Waals surface area contributed by atoms with Crippen molar-refractivity contribution in [3.63, 3.8) is 0 Å². The van der Waals surface area contributed by atoms with Crippen molar-refractivity contribution >= 4 is 11.9 Å². The maximum absolute atomic E-state index is 13.0. The molecule has 11 heteroatoms. The van der Waals surface area contributed by atoms with Gasteiger partial charge >= 0.3 is 5.97 Å². The van der Waals surface area contributed by atoms with Crippen molar-refractivity contribution in [2.75, 3.05) is 19.8 Å². The summed E-state index contributed by atoms with van der Waals surface area (Å²) in [5.74, 6) is -0.209. The van der Waals surface area contributed by atoms with Gasteiger partial charge in [0.15, 0.2) is 6.29 Å². The fraction of sp³-hybridized carbons (Fsp3) is 0.862. The maximum Gasteiger partial charge on any atom is 0.305 e. The minimum absolute atomic E-state index is 0.0166. The normalized spacial score (nSPS) is 19.6. The highest BCUT2D eigenvalue weighted by Gasteiger charge is 2.44. The van der Waals surface area contributed by atoms with Crippen molar-refractivity contribution in [3.05, 3.63) is 36.5 Å². The Hall–Kier alpha value is -2.12. The second-order valence-corrected chi connectivity index (χ2v) is 20.0. The van der Waals surface area contributed by atoms with Gasteiger partial charge in [-0.2, -0.15) is 0 Å². The molecule has 11 nitrogen and oxygen atoms in total. The van der Waals surface area contributed by atoms with Gasteiger partial charge in [-0.25, -0.2) is 0 Å². The summed E-state index contributed by atoms with van der Waals surface area (Å²) >= 11 is 0. The van der Waals surface area contributed by atoms with Gasteiger partial charge in [-0.3, -0.25) is 9.59 Å². The standard InChI is InChI=1S/C58H107NO10/c1-3-5-7-9-11-13-25-30-34-38-42-46-54(63)67-47-43-39-35-31-27-24-22-20-18-16-14-15-17-19-21-23-26-29-33-37-41-45-53(62)59-50(51(61)44-40-36-32-28-12-10-8-6-4-2)49-68-58-57(66)56(65)55(64)52(48-60)69-58/h9,11,15,17,40,44,50-52,55-58,60-61,64-66H,3-8,10,12-14,16,18-39,41-43,45-49H2,1-2H3,(H,59,62)/b11-9-,17-15-,44-40+. The first kappa shape index (κ1) is 64.9. The molecule has 0 saturated carbocycles. The first-order valence-electron chi connectivity index (χ1n) is 28.8. The van der Waals surface area contributed by atoms with Crippen LogP contribution in [0.1, 0.15) is 258 Å². The Bertz CT molecular complexity index is 1240. The fourth-order valence-corrected chi connectivity index (χ4v) is 8.82. The van der Waals surface area contributed by atoms with Crippen LogP contribution in [0, 0.1) is 0 Å². The summed E-state index contributed by atoms with van der Waals surface area (Å²) in [5.41, 5.74) is 0. The van der Waals surface area contributed by atoms with Gasteiger partial charge in [-0.1, -0.05) is 204 Å². The number of aliphatic hydroxyl groups is 5. The summed E-state index contributed by atoms with van der Waals surface area (Å²) in [6.07, 6.45) is 48.2. The predicted molar refractivity (Wildman–Crippen MR) is 283 cm³/mol. The molecule has 1 fully saturated rings. The van der Waals surface area contributed by atoms with E-state index in [4.69, 9.17) is 14.2 Å². The molecule has 1 aliphatic heterocycles. The first-order valence-corrected chi connectivity index (χ1v) is 28.8. The number of carbonyl (C=O) groups excluding carboxylic acids is 2. The lowest BCUT2D eigenvalue weighted by molar-refractivity contribution is -0.302. The smallest absolute Gasteiger partial charge is 0.305 e. The number of allylic oxidation sites excluding steroid dienone is 5. The molecule has 0 aromatic carbocycles. The molecule has 6 N–H and O–H groups in total. The molecule has 1 aliphatic rings. The van der Waals surface area contributed by atoms with Crippen LogP contribution in [0.3, 0.4) is 0 Å². The third-order valence-corrected chi connectivity index (χ3v) is 13.5. The topological polar surface area (TPSA) is 175 Å². The van der Waals surface area contributed by atoms with Gasteiger partial charge in [0.05, 0.1) is 32.0 Å². The van der Waals surface area contributed by atoms with Gasteiger partial charge in [-0.15, -0.1) is 0 Å². The zero-order chi connectivity index (χ0) is 50.3. The predicted octanol–water partition coefficient (Wildman–Crippen LogP) is 12.7. The van der Waals surface area contributed by atoms with E-state index >= 15 is 0 Å². The van der Waals surface area contributed by atoms with E-state index in [2.05, 4.69) is 43.5 Å². The summed E-state index contributed by atoms with van der Waals surface area (Å²) < 4.78 is 16.6. The quantitative estimate of drug-likeness (QED) is 0.0196. The zero-order valence-corrected chi connectivity index (χ0v) is 44.3. The molecule has 0 aromatic heterocycles. The molecule has 69 heavy (non-hydrogen) atoms. The second-order valence-electron chi connectivity index (χ2n) is 20.0. The van der Waals surface area contributed by atoms with Gasteiger partial charge in [0.25, 0.3) is 0 Å². The average molecular weight is 978 g/mol. The Labute approximate surface area is 422 Å². The Balaban J connectivity index is 2.05. The lowest BCUT2D eigenvalue weighted by Gasteiger charge is -2.40. The van der Waals surface area contributed by atoms with Crippen LogP contribution in [0.25, 0.3) is 0 Å². The van der Waals surface area contributed by atoms with Crippen molar-refractivity contribution in [2.24, 2.45) is 0 Å². The zero-order valence-electron chi connectivity index (χ0n) is 44.3. The van der Waals surface area contributed by atoms with Crippen LogP contribution >= 0.6 is 0 Å². The number of amides is 1. The fourth-order valence-electron chi connectivity index (χ4n) is 8.82. The van der Waals surface area contributed by atoms with E-state index in [1.165, 1.54) is 154 Å². The molecule has 1 heterocycles. The molecule has 1 rings (SSSR count). The highest BCUT2D eigenvalue weighted by atomic mass is 16.7. The summed E-state index contributed by atoms with van der Waals surface area (Å²) in [7, 11) is 0. The Kier molecular flexibility index (Phi) is 45.3. The van der Waals surface area contributed by atoms with E-state index in [9.17, 15) is 35.1 Å². The summed E-state index contributed by atoms with van der Waals surface area (Å²) in [5, 5.41) is 54.2. The van der Waals surface area contributed by atoms with Gasteiger partial charge < -0.3 is 45.1 Å². The van der Waals surface area contributed by atoms with Gasteiger partial charge in [0.2, 0.25) is 5.91 Å². The van der Waals surface area contributed by atoms with Crippen molar-refractivity contribution < 1.29 is 49.3 Å². The molecule has 1 saturated heterocycles. The largest absolute Gasteiger partial charge is 0.466 e. The molecule has 0 spiro atoms. The Morgan fingerprint density at radius 2 is 0.942 bits per heavy atom. The molecule has 0 aromatic rings. The number of hydrogen-bond donors (Lipinski definition) is 6. The van der Waals surface area contributed by atoms with Gasteiger partial charge in [0, 0.05) is 12.8 Å². The van der Waals surface area contributed by atoms with Crippen LogP contribution in [0.2, 0.25) is 0 Å². The van der Waals surface area contributed by atoms with Crippen LogP contribution in [0.4, 0.5) is 0 Å². The van der Waals surface area contributed by atoms with Crippen molar-refractivity contribution in [1.82, 2.24) is 5.32 Å². The van der Waals surface area contributed by atoms with E-state index in [0.717, 1.165) is 77.0 Å². The number of esters is 1. The molecule has 1 amide bonds. The van der Waals surface area contributed by atoms with Crippen LogP contribution in [0.5, 0.6) is 0 Å². The van der Waals surface area contributed by atoms with E-state index < -0.39 is 49.5 Å². The van der Waals surface area contributed by atoms with E-state index in [1.807, 2.05) is 6.08 Å². The van der Waals surface area contributed by atoms with E-state index in [-0.39, 0.29) is 18.5 Å². The summed E-state index contributed by atoms with van der Waals surface area (Å²) in [6.45, 7) is 4.26. The van der Waals surface area contributed by atoms with Gasteiger partial charge in [0.1, 0.15) is 24.4 Å². The molecule has 7 unspecified atom stereocenters. The maximum atomic E-state index is 13.0. The number of ether oxygens (including phenoxy) is 3. The third kappa shape index (κ3) is 38.2. The second kappa shape index (κ2) is 48.2. The number of nitrogens with one attached hydrogen (secondary N) is 1. The molecule has 404 valence electrons. The SMILES string of the molecule is CCCC/C=C\CCCCCCCC(=O)OCCCCCCCCCCCC/C=C\CCCCCCCCCC(=O)NC(COC1OC(CO)C(O)C(O)C1O)C(O)/C=C/CCCCCCCCC. The number of aliphatic hydroxyl groups excluding tert-OH is 5. The molecule has 0 aliphatic carbocycles. The third-order valence-electron chi connectivity index (χ3n) is 13.5. The number of unbranched alkanes of at least 4 members (excludes halogenated alkanes) is 31. The lowest BCUT2D eigenvalue weighted by atomic mass is 9.99. The monoisotopic (exact) mass is 978 g/mol. The first-order chi connectivity index (χ1) is 33.7. The number of carbonyl (C=O) groups is 2. The number of hydrogen-bond acceptors (Lipinski definition) is 10. The van der Waals surface area contributed by atoms with Crippen LogP contribution in [0.15, 0.2) is 36.5 Å². The highest BCUT2D eigenvalue weighted by Crippen LogP contribution is 2.23. The number of rotatable bonds is 49. The molecular weight excluding hydrogens is 871 g/mol. The van der Waals surface area contributed by atoms with Crippen LogP contribution in [-0.4, -0.2) is 100 Å². The Morgan fingerprint density at radius 1 is 0.522 bits per heavy atom. The minimum atomic E-state index is -1.57. The average Bonchev–Trinajstić information content (AvgIpc) is 3.34. The minimum Gasteiger partial charge on any atom is -0.466 e. The summed E-state index contributed by atoms with van der Waals surface area (Å²) in [6, 6.07) is -0.814. The van der Waals surface area contributed by atoms with E-state index in [1.54, 1.807) is 6.08 Å². The van der Waals surface area contributed by atoms with Crippen LogP contribution < -0.4 is 5.32 Å². The van der Waals surface area contributed by atoms with Crippen molar-refractivity contribution in [1.29, 1.82) is 0 Å². The van der Waals surface area contributed by atoms with Crippen LogP contribution in [-0.2, 0) is 23.8 Å². The molecule has 0 radical (unpaired) electrons. The van der Waals surface area contributed by atoms with Gasteiger partial charge in [-0.05, 0) is 77.0 Å². The molecule has 7 atom stereocenters. The Morgan fingerprint density at radius 3 is 1.43 bits per heavy atom. The summed E-state index contributed by atoms with van der Waals surface area (Å²) in [4.78, 5) is 25.0. The molecule has 0 bridgehead atoms. The lowest BCUT2D eigenvalue weighted by Crippen LogP contribution is -2.60. The van der Waals surface area contributed by atoms with Crippen molar-refractivity contribution in [3.8, 4) is 0 Å². The van der Waals surface area contributed by atoms with E-state index in [0.29, 0.717) is 19.4 Å². The highest BCUT2D eigenvalue weighted by molar-refractivity contribution is 5.76.